The van der Waals surface area contributed by atoms with Crippen LogP contribution in [0.25, 0.3) is 0 Å². The molecule has 0 aliphatic carbocycles. The molecule has 6 heteroatoms. The van der Waals surface area contributed by atoms with Crippen molar-refractivity contribution >= 4 is 35.1 Å². The Kier molecular flexibility index (Phi) is 5.30. The molecule has 3 rings (SSSR count). The number of hydrogen-bond donors (Lipinski definition) is 0. The van der Waals surface area contributed by atoms with E-state index in [0.717, 1.165) is 5.56 Å². The third-order valence-electron chi connectivity index (χ3n) is 4.37. The van der Waals surface area contributed by atoms with Gasteiger partial charge in [-0.05, 0) is 35.7 Å². The zero-order valence-corrected chi connectivity index (χ0v) is 15.1. The number of carbonyl (C=O) groups is 2. The van der Waals surface area contributed by atoms with Crippen molar-refractivity contribution in [2.24, 2.45) is 0 Å². The molecule has 0 saturated carbocycles. The molecular weight excluding hydrogens is 361 g/mol. The van der Waals surface area contributed by atoms with Gasteiger partial charge in [0.2, 0.25) is 5.91 Å². The molecule has 1 amide bonds. The second kappa shape index (κ2) is 7.46. The van der Waals surface area contributed by atoms with Crippen molar-refractivity contribution in [2.45, 2.75) is 24.9 Å². The molecule has 0 N–H and O–H groups in total. The summed E-state index contributed by atoms with van der Waals surface area (Å²) >= 11 is 12.6. The van der Waals surface area contributed by atoms with E-state index in [-0.39, 0.29) is 5.91 Å². The van der Waals surface area contributed by atoms with Gasteiger partial charge in [-0.2, -0.15) is 0 Å². The zero-order chi connectivity index (χ0) is 18.0. The summed E-state index contributed by atoms with van der Waals surface area (Å²) in [5.41, 5.74) is 1.54. The van der Waals surface area contributed by atoms with Crippen LogP contribution in [0.2, 0.25) is 10.0 Å². The summed E-state index contributed by atoms with van der Waals surface area (Å²) in [4.78, 5) is 26.4. The van der Waals surface area contributed by atoms with Gasteiger partial charge in [0.25, 0.3) is 0 Å². The van der Waals surface area contributed by atoms with E-state index in [1.54, 1.807) is 23.1 Å². The SMILES string of the molecule is COC(=O)C1CCC(=O)N1C(c1ccccc1)c1cc(Cl)ccc1Cl. The first-order valence-electron chi connectivity index (χ1n) is 7.92. The van der Waals surface area contributed by atoms with Gasteiger partial charge in [0.05, 0.1) is 13.2 Å². The molecule has 1 aliphatic heterocycles. The Labute approximate surface area is 156 Å². The number of ether oxygens (including phenoxy) is 1. The van der Waals surface area contributed by atoms with Gasteiger partial charge in [-0.1, -0.05) is 53.5 Å². The van der Waals surface area contributed by atoms with Crippen molar-refractivity contribution in [3.8, 4) is 0 Å². The molecule has 0 radical (unpaired) electrons. The first-order valence-corrected chi connectivity index (χ1v) is 8.67. The van der Waals surface area contributed by atoms with E-state index in [9.17, 15) is 9.59 Å². The van der Waals surface area contributed by atoms with Gasteiger partial charge >= 0.3 is 5.97 Å². The van der Waals surface area contributed by atoms with Crippen LogP contribution in [-0.2, 0) is 14.3 Å². The summed E-state index contributed by atoms with van der Waals surface area (Å²) in [7, 11) is 1.33. The smallest absolute Gasteiger partial charge is 0.328 e. The number of halogens is 2. The van der Waals surface area contributed by atoms with Crippen LogP contribution >= 0.6 is 23.2 Å². The fourth-order valence-corrected chi connectivity index (χ4v) is 3.64. The first kappa shape index (κ1) is 17.8. The van der Waals surface area contributed by atoms with Gasteiger partial charge in [-0.15, -0.1) is 0 Å². The molecule has 2 atom stereocenters. The first-order chi connectivity index (χ1) is 12.0. The number of carbonyl (C=O) groups excluding carboxylic acids is 2. The van der Waals surface area contributed by atoms with E-state index < -0.39 is 18.1 Å². The van der Waals surface area contributed by atoms with Gasteiger partial charge in [0, 0.05) is 16.5 Å². The van der Waals surface area contributed by atoms with E-state index >= 15 is 0 Å². The average molecular weight is 378 g/mol. The van der Waals surface area contributed by atoms with Crippen molar-refractivity contribution in [2.75, 3.05) is 7.11 Å². The molecule has 1 fully saturated rings. The molecular formula is C19H17Cl2NO3. The van der Waals surface area contributed by atoms with Crippen LogP contribution in [-0.4, -0.2) is 29.9 Å². The summed E-state index contributed by atoms with van der Waals surface area (Å²) in [5, 5.41) is 1.00. The van der Waals surface area contributed by atoms with Gasteiger partial charge in [-0.3, -0.25) is 4.79 Å². The van der Waals surface area contributed by atoms with Gasteiger partial charge in [-0.25, -0.2) is 4.79 Å². The Morgan fingerprint density at radius 3 is 2.60 bits per heavy atom. The molecule has 4 nitrogen and oxygen atoms in total. The van der Waals surface area contributed by atoms with E-state index in [1.165, 1.54) is 7.11 Å². The number of nitrogens with zero attached hydrogens (tertiary/aromatic N) is 1. The molecule has 25 heavy (non-hydrogen) atoms. The topological polar surface area (TPSA) is 46.6 Å². The molecule has 2 aromatic rings. The van der Waals surface area contributed by atoms with Crippen LogP contribution in [0.15, 0.2) is 48.5 Å². The molecule has 0 bridgehead atoms. The van der Waals surface area contributed by atoms with Crippen LogP contribution < -0.4 is 0 Å². The molecule has 130 valence electrons. The molecule has 1 heterocycles. The number of likely N-dealkylation sites (tertiary alicyclic amines) is 1. The zero-order valence-electron chi connectivity index (χ0n) is 13.6. The highest BCUT2D eigenvalue weighted by atomic mass is 35.5. The lowest BCUT2D eigenvalue weighted by Crippen LogP contribution is -2.42. The number of amides is 1. The predicted molar refractivity (Wildman–Crippen MR) is 96.6 cm³/mol. The molecule has 0 aromatic heterocycles. The van der Waals surface area contributed by atoms with E-state index in [4.69, 9.17) is 27.9 Å². The lowest BCUT2D eigenvalue weighted by atomic mass is 9.96. The third-order valence-corrected chi connectivity index (χ3v) is 4.95. The van der Waals surface area contributed by atoms with E-state index in [1.807, 2.05) is 30.3 Å². The fraction of sp³-hybridized carbons (Fsp3) is 0.263. The Morgan fingerprint density at radius 2 is 1.92 bits per heavy atom. The van der Waals surface area contributed by atoms with Crippen LogP contribution in [0.4, 0.5) is 0 Å². The maximum atomic E-state index is 12.6. The van der Waals surface area contributed by atoms with Crippen molar-refractivity contribution in [3.63, 3.8) is 0 Å². The van der Waals surface area contributed by atoms with Gasteiger partial charge in [0.15, 0.2) is 0 Å². The van der Waals surface area contributed by atoms with Crippen LogP contribution in [0, 0.1) is 0 Å². The van der Waals surface area contributed by atoms with Crippen molar-refractivity contribution < 1.29 is 14.3 Å². The summed E-state index contributed by atoms with van der Waals surface area (Å²) < 4.78 is 4.90. The quantitative estimate of drug-likeness (QED) is 0.748. The third kappa shape index (κ3) is 3.51. The average Bonchev–Trinajstić information content (AvgIpc) is 3.00. The molecule has 0 spiro atoms. The number of esters is 1. The highest BCUT2D eigenvalue weighted by Gasteiger charge is 2.42. The lowest BCUT2D eigenvalue weighted by molar-refractivity contribution is -0.150. The number of rotatable bonds is 4. The standard InChI is InChI=1S/C19H17Cl2NO3/c1-25-19(24)16-9-10-17(23)22(16)18(12-5-3-2-4-6-12)14-11-13(20)7-8-15(14)21/h2-8,11,16,18H,9-10H2,1H3. The molecule has 1 aliphatic rings. The van der Waals surface area contributed by atoms with Gasteiger partial charge in [0.1, 0.15) is 6.04 Å². The molecule has 1 saturated heterocycles. The minimum atomic E-state index is -0.641. The molecule has 2 unspecified atom stereocenters. The Balaban J connectivity index is 2.16. The fourth-order valence-electron chi connectivity index (χ4n) is 3.24. The highest BCUT2D eigenvalue weighted by Crippen LogP contribution is 2.39. The highest BCUT2D eigenvalue weighted by molar-refractivity contribution is 6.33. The Morgan fingerprint density at radius 1 is 1.20 bits per heavy atom. The normalized spacial score (nSPS) is 18.3. The van der Waals surface area contributed by atoms with Crippen LogP contribution in [0.3, 0.4) is 0 Å². The Hall–Kier alpha value is -2.04. The summed E-state index contributed by atoms with van der Waals surface area (Å²) in [5.74, 6) is -0.537. The molecule has 2 aromatic carbocycles. The minimum absolute atomic E-state index is 0.111. The van der Waals surface area contributed by atoms with E-state index in [2.05, 4.69) is 0 Å². The summed E-state index contributed by atoms with van der Waals surface area (Å²) in [6, 6.07) is 13.4. The van der Waals surface area contributed by atoms with E-state index in [0.29, 0.717) is 28.5 Å². The summed E-state index contributed by atoms with van der Waals surface area (Å²) in [6.07, 6.45) is 0.717. The van der Waals surface area contributed by atoms with Crippen LogP contribution in [0.5, 0.6) is 0 Å². The lowest BCUT2D eigenvalue weighted by Gasteiger charge is -2.33. The largest absolute Gasteiger partial charge is 0.467 e. The van der Waals surface area contributed by atoms with Crippen molar-refractivity contribution in [1.82, 2.24) is 4.90 Å². The second-order valence-corrected chi connectivity index (χ2v) is 6.70. The second-order valence-electron chi connectivity index (χ2n) is 5.86. The predicted octanol–water partition coefficient (Wildman–Crippen LogP) is 4.25. The van der Waals surface area contributed by atoms with Crippen molar-refractivity contribution in [1.29, 1.82) is 0 Å². The van der Waals surface area contributed by atoms with Gasteiger partial charge < -0.3 is 9.64 Å². The number of benzene rings is 2. The maximum Gasteiger partial charge on any atom is 0.328 e. The number of methoxy groups -OCH3 is 1. The monoisotopic (exact) mass is 377 g/mol. The van der Waals surface area contributed by atoms with Crippen LogP contribution in [0.1, 0.15) is 30.0 Å². The maximum absolute atomic E-state index is 12.6. The number of hydrogen-bond acceptors (Lipinski definition) is 3. The minimum Gasteiger partial charge on any atom is -0.467 e. The summed E-state index contributed by atoms with van der Waals surface area (Å²) in [6.45, 7) is 0. The van der Waals surface area contributed by atoms with Crippen molar-refractivity contribution in [3.05, 3.63) is 69.7 Å². The Bertz CT molecular complexity index is 795.